The van der Waals surface area contributed by atoms with Gasteiger partial charge in [0.05, 0.1) is 5.41 Å². The van der Waals surface area contributed by atoms with Crippen molar-refractivity contribution >= 4 is 53.6 Å². The third-order valence-electron chi connectivity index (χ3n) is 9.99. The molecule has 0 amide bonds. The summed E-state index contributed by atoms with van der Waals surface area (Å²) in [4.78, 5) is 12.1. The Kier molecular flexibility index (Phi) is 12.4. The van der Waals surface area contributed by atoms with Crippen LogP contribution in [0.4, 0.5) is 0 Å². The van der Waals surface area contributed by atoms with Crippen LogP contribution in [0.1, 0.15) is 49.3 Å². The molecule has 0 bridgehead atoms. The van der Waals surface area contributed by atoms with Crippen LogP contribution in [0.3, 0.4) is 0 Å². The Bertz CT molecular complexity index is 2490. The Morgan fingerprint density at radius 2 is 0.875 bits per heavy atom. The molecule has 8 aromatic carbocycles. The van der Waals surface area contributed by atoms with Crippen LogP contribution in [0, 0.1) is 13.8 Å². The number of halogens is 3. The first-order valence-corrected chi connectivity index (χ1v) is 20.8. The number of carbonyl (C=O) groups is 1. The monoisotopic (exact) mass is 916 g/mol. The maximum absolute atomic E-state index is 12.1. The van der Waals surface area contributed by atoms with E-state index in [1.54, 1.807) is 0 Å². The van der Waals surface area contributed by atoms with Crippen molar-refractivity contribution in [3.05, 3.63) is 258 Å². The summed E-state index contributed by atoms with van der Waals surface area (Å²) >= 11 is 10.6. The van der Waals surface area contributed by atoms with Gasteiger partial charge in [0.25, 0.3) is 0 Å². The second-order valence-electron chi connectivity index (χ2n) is 13.8. The van der Waals surface area contributed by atoms with E-state index in [4.69, 9.17) is 0 Å². The third kappa shape index (κ3) is 8.34. The van der Waals surface area contributed by atoms with Crippen LogP contribution in [-0.4, -0.2) is 5.78 Å². The van der Waals surface area contributed by atoms with Crippen LogP contribution < -0.4 is 0 Å². The molecule has 0 atom stereocenters. The molecule has 9 rings (SSSR count). The van der Waals surface area contributed by atoms with E-state index in [2.05, 4.69) is 188 Å². The number of fused-ring (bicyclic) bond motifs is 3. The molecule has 0 aromatic heterocycles. The zero-order valence-electron chi connectivity index (χ0n) is 31.1. The Morgan fingerprint density at radius 1 is 0.411 bits per heavy atom. The molecule has 4 heteroatoms. The third-order valence-corrected chi connectivity index (χ3v) is 11.7. The van der Waals surface area contributed by atoms with Gasteiger partial charge in [-0.2, -0.15) is 0 Å². The molecule has 0 unspecified atom stereocenters. The van der Waals surface area contributed by atoms with Crippen LogP contribution in [-0.2, 0) is 5.41 Å². The lowest BCUT2D eigenvalue weighted by Crippen LogP contribution is -2.28. The lowest BCUT2D eigenvalue weighted by molar-refractivity contribution is 0.103. The summed E-state index contributed by atoms with van der Waals surface area (Å²) in [5, 5.41) is 0. The number of rotatable bonds is 5. The second-order valence-corrected chi connectivity index (χ2v) is 16.5. The first-order valence-electron chi connectivity index (χ1n) is 18.4. The first kappa shape index (κ1) is 39.1. The topological polar surface area (TPSA) is 17.1 Å². The summed E-state index contributed by atoms with van der Waals surface area (Å²) in [6.45, 7) is 4.16. The highest BCUT2D eigenvalue weighted by atomic mass is 79.9. The van der Waals surface area contributed by atoms with Gasteiger partial charge in [-0.15, -0.1) is 0 Å². The fourth-order valence-corrected chi connectivity index (χ4v) is 8.83. The molecular formula is C52H39Br3O. The highest BCUT2D eigenvalue weighted by molar-refractivity contribution is 9.11. The SMILES string of the molecule is Brc1ccccc1-c1ccccc1.Cc1cccc(C(=O)c2cccc(Br)c2)c1.Cc1cccc(C2(c3cccc(Br)c3)c3ccccc3-c3ccccc32)c1. The molecule has 0 aliphatic heterocycles. The predicted molar refractivity (Wildman–Crippen MR) is 245 cm³/mol. The van der Waals surface area contributed by atoms with Gasteiger partial charge in [-0.05, 0) is 94.8 Å². The highest BCUT2D eigenvalue weighted by Crippen LogP contribution is 2.56. The van der Waals surface area contributed by atoms with Crippen molar-refractivity contribution in [2.24, 2.45) is 0 Å². The molecule has 274 valence electrons. The van der Waals surface area contributed by atoms with Crippen LogP contribution in [0.2, 0.25) is 0 Å². The van der Waals surface area contributed by atoms with Gasteiger partial charge < -0.3 is 0 Å². The summed E-state index contributed by atoms with van der Waals surface area (Å²) in [7, 11) is 0. The van der Waals surface area contributed by atoms with Gasteiger partial charge in [-0.1, -0.05) is 223 Å². The molecule has 1 nitrogen and oxygen atoms in total. The molecule has 1 aliphatic rings. The largest absolute Gasteiger partial charge is 0.289 e. The van der Waals surface area contributed by atoms with E-state index in [1.807, 2.05) is 73.7 Å². The Balaban J connectivity index is 0.000000141. The van der Waals surface area contributed by atoms with Crippen LogP contribution >= 0.6 is 47.8 Å². The van der Waals surface area contributed by atoms with E-state index >= 15 is 0 Å². The summed E-state index contributed by atoms with van der Waals surface area (Å²) in [5.74, 6) is 0.0602. The number of benzene rings is 8. The summed E-state index contributed by atoms with van der Waals surface area (Å²) in [6, 6.07) is 69.1. The molecule has 8 aromatic rings. The minimum Gasteiger partial charge on any atom is -0.289 e. The van der Waals surface area contributed by atoms with E-state index in [0.717, 1.165) is 24.5 Å². The van der Waals surface area contributed by atoms with Crippen molar-refractivity contribution in [2.75, 3.05) is 0 Å². The van der Waals surface area contributed by atoms with Gasteiger partial charge in [0.2, 0.25) is 0 Å². The van der Waals surface area contributed by atoms with Crippen LogP contribution in [0.15, 0.2) is 214 Å². The molecule has 0 spiro atoms. The lowest BCUT2D eigenvalue weighted by Gasteiger charge is -2.34. The molecule has 0 fully saturated rings. The summed E-state index contributed by atoms with van der Waals surface area (Å²) in [5.41, 5.74) is 14.0. The number of hydrogen-bond donors (Lipinski definition) is 0. The smallest absolute Gasteiger partial charge is 0.193 e. The van der Waals surface area contributed by atoms with Gasteiger partial charge in [0.15, 0.2) is 5.78 Å². The summed E-state index contributed by atoms with van der Waals surface area (Å²) in [6.07, 6.45) is 0. The van der Waals surface area contributed by atoms with Crippen LogP contribution in [0.5, 0.6) is 0 Å². The number of carbonyl (C=O) groups excluding carboxylic acids is 1. The van der Waals surface area contributed by atoms with Gasteiger partial charge in [0.1, 0.15) is 0 Å². The second kappa shape index (κ2) is 17.8. The normalized spacial score (nSPS) is 11.9. The minimum atomic E-state index is -0.303. The van der Waals surface area contributed by atoms with E-state index in [0.29, 0.717) is 5.56 Å². The average molecular weight is 920 g/mol. The number of aryl methyl sites for hydroxylation is 2. The van der Waals surface area contributed by atoms with E-state index in [1.165, 1.54) is 50.1 Å². The van der Waals surface area contributed by atoms with Crippen molar-refractivity contribution in [3.8, 4) is 22.3 Å². The maximum atomic E-state index is 12.1. The number of hydrogen-bond acceptors (Lipinski definition) is 1. The van der Waals surface area contributed by atoms with Crippen molar-refractivity contribution in [1.82, 2.24) is 0 Å². The standard InChI is InChI=1S/C26H19Br.C14H11BrO.C12H9Br/c1-18-8-6-9-19(16-18)26(20-10-7-11-21(27)17-20)24-14-4-2-12-22(24)23-13-3-5-15-25(23)26;1-10-4-2-5-11(8-10)14(16)12-6-3-7-13(15)9-12;13-12-9-5-4-8-11(12)10-6-2-1-3-7-10/h2-17H,1H3;2-9H,1H3;1-9H. The summed E-state index contributed by atoms with van der Waals surface area (Å²) < 4.78 is 3.17. The van der Waals surface area contributed by atoms with E-state index in [9.17, 15) is 4.79 Å². The Labute approximate surface area is 355 Å². The lowest BCUT2D eigenvalue weighted by atomic mass is 9.67. The fourth-order valence-electron chi connectivity index (χ4n) is 7.52. The van der Waals surface area contributed by atoms with Crippen molar-refractivity contribution in [3.63, 3.8) is 0 Å². The molecule has 0 radical (unpaired) electrons. The van der Waals surface area contributed by atoms with Crippen LogP contribution in [0.25, 0.3) is 22.3 Å². The molecule has 56 heavy (non-hydrogen) atoms. The molecule has 0 saturated heterocycles. The van der Waals surface area contributed by atoms with Crippen molar-refractivity contribution < 1.29 is 4.79 Å². The predicted octanol–water partition coefficient (Wildman–Crippen LogP) is 15.2. The van der Waals surface area contributed by atoms with Gasteiger partial charge >= 0.3 is 0 Å². The molecule has 0 N–H and O–H groups in total. The fraction of sp³-hybridized carbons (Fsp3) is 0.0577. The number of ketones is 1. The zero-order valence-corrected chi connectivity index (χ0v) is 35.9. The maximum Gasteiger partial charge on any atom is 0.193 e. The minimum absolute atomic E-state index is 0.0602. The van der Waals surface area contributed by atoms with Crippen molar-refractivity contribution in [1.29, 1.82) is 0 Å². The molecule has 1 aliphatic carbocycles. The Hall–Kier alpha value is -5.13. The first-order chi connectivity index (χ1) is 27.3. The Morgan fingerprint density at radius 3 is 1.45 bits per heavy atom. The van der Waals surface area contributed by atoms with Gasteiger partial charge in [0, 0.05) is 24.5 Å². The van der Waals surface area contributed by atoms with E-state index in [-0.39, 0.29) is 11.2 Å². The molecule has 0 heterocycles. The van der Waals surface area contributed by atoms with Crippen molar-refractivity contribution in [2.45, 2.75) is 19.3 Å². The van der Waals surface area contributed by atoms with Gasteiger partial charge in [-0.3, -0.25) is 4.79 Å². The average Bonchev–Trinajstić information content (AvgIpc) is 3.53. The zero-order chi connectivity index (χ0) is 39.1. The van der Waals surface area contributed by atoms with Gasteiger partial charge in [-0.25, -0.2) is 0 Å². The molecular weight excluding hydrogens is 880 g/mol. The quantitative estimate of drug-likeness (QED) is 0.157. The highest BCUT2D eigenvalue weighted by Gasteiger charge is 2.45. The van der Waals surface area contributed by atoms with E-state index < -0.39 is 0 Å². The molecule has 0 saturated carbocycles.